The Hall–Kier alpha value is -3.39. The van der Waals surface area contributed by atoms with Crippen LogP contribution in [0.5, 0.6) is 0 Å². The van der Waals surface area contributed by atoms with Crippen LogP contribution in [0, 0.1) is 11.6 Å². The summed E-state index contributed by atoms with van der Waals surface area (Å²) in [5, 5.41) is 5.00. The molecule has 1 saturated heterocycles. The molecular weight excluding hydrogens is 547 g/mol. The molecule has 1 saturated carbocycles. The van der Waals surface area contributed by atoms with Crippen LogP contribution in [0.15, 0.2) is 53.4 Å². The number of aromatic nitrogens is 2. The van der Waals surface area contributed by atoms with Crippen LogP contribution in [0.1, 0.15) is 25.5 Å². The van der Waals surface area contributed by atoms with E-state index in [1.165, 1.54) is 0 Å². The number of nitrogens with one attached hydrogen (secondary N) is 2. The molecule has 2 heterocycles. The standard InChI is InChI=1S/C27H30F3N5O4S/c1-17-16-39-13-12-35(17)24-15-23(27(8-9-27)40(37,38)22-7-4-19(29)14-21(22)30)33-25(34-24)18-2-5-20(6-3-18)32-26(36)31-11-10-28/h2-7,14-15,17,37-38H,8-13,16H2,1H3,(H2,31,32,36)/t17-/m0/s1. The third kappa shape index (κ3) is 5.46. The first-order chi connectivity index (χ1) is 19.1. The molecule has 0 bridgehead atoms. The van der Waals surface area contributed by atoms with Gasteiger partial charge in [0.05, 0.1) is 29.8 Å². The second-order valence-electron chi connectivity index (χ2n) is 9.82. The van der Waals surface area contributed by atoms with Gasteiger partial charge in [0.15, 0.2) is 5.82 Å². The first-order valence-electron chi connectivity index (χ1n) is 12.8. The number of nitrogens with zero attached hydrogens (tertiary/aromatic N) is 3. The van der Waals surface area contributed by atoms with E-state index in [0.29, 0.717) is 67.3 Å². The molecular formula is C27H30F3N5O4S. The highest BCUT2D eigenvalue weighted by Gasteiger charge is 2.58. The molecule has 1 atom stereocenters. The quantitative estimate of drug-likeness (QED) is 0.278. The Morgan fingerprint density at radius 2 is 1.90 bits per heavy atom. The maximum absolute atomic E-state index is 14.7. The van der Waals surface area contributed by atoms with Gasteiger partial charge in [-0.2, -0.15) is 10.6 Å². The Bertz CT molecular complexity index is 1390. The third-order valence-corrected chi connectivity index (χ3v) is 9.72. The van der Waals surface area contributed by atoms with Crippen LogP contribution in [0.25, 0.3) is 11.4 Å². The molecule has 2 aromatic carbocycles. The van der Waals surface area contributed by atoms with E-state index in [-0.39, 0.29) is 17.5 Å². The fourth-order valence-electron chi connectivity index (χ4n) is 4.77. The Balaban J connectivity index is 1.54. The van der Waals surface area contributed by atoms with Crippen molar-refractivity contribution in [1.82, 2.24) is 15.3 Å². The number of carbonyl (C=O) groups is 1. The number of hydrogen-bond acceptors (Lipinski definition) is 7. The largest absolute Gasteiger partial charge is 0.377 e. The second-order valence-corrected chi connectivity index (χ2v) is 12.1. The van der Waals surface area contributed by atoms with Gasteiger partial charge in [-0.3, -0.25) is 9.11 Å². The van der Waals surface area contributed by atoms with Gasteiger partial charge in [-0.25, -0.2) is 27.9 Å². The SMILES string of the molecule is C[C@H]1COCCN1c1cc(C2(S(O)(O)c3ccc(F)cc3F)CC2)nc(-c2ccc(NC(=O)NCCF)cc2)n1. The highest BCUT2D eigenvalue weighted by atomic mass is 32.3. The molecule has 1 aliphatic heterocycles. The lowest BCUT2D eigenvalue weighted by Crippen LogP contribution is -2.44. The summed E-state index contributed by atoms with van der Waals surface area (Å²) in [6.07, 6.45) is 0.690. The number of ether oxygens (including phenoxy) is 1. The van der Waals surface area contributed by atoms with Crippen molar-refractivity contribution in [3.05, 3.63) is 65.9 Å². The zero-order chi connectivity index (χ0) is 28.5. The van der Waals surface area contributed by atoms with Crippen molar-refractivity contribution in [2.45, 2.75) is 35.4 Å². The van der Waals surface area contributed by atoms with Gasteiger partial charge in [0.25, 0.3) is 0 Å². The van der Waals surface area contributed by atoms with Gasteiger partial charge < -0.3 is 20.3 Å². The van der Waals surface area contributed by atoms with Crippen LogP contribution in [0.4, 0.5) is 29.5 Å². The fraction of sp³-hybridized carbons (Fsp3) is 0.370. The van der Waals surface area contributed by atoms with Crippen LogP contribution in [-0.4, -0.2) is 64.1 Å². The summed E-state index contributed by atoms with van der Waals surface area (Å²) in [5.74, 6) is -0.974. The van der Waals surface area contributed by atoms with E-state index < -0.39 is 39.7 Å². The lowest BCUT2D eigenvalue weighted by Gasteiger charge is -2.41. The summed E-state index contributed by atoms with van der Waals surface area (Å²) in [5.41, 5.74) is 1.42. The van der Waals surface area contributed by atoms with Gasteiger partial charge >= 0.3 is 6.03 Å². The first-order valence-corrected chi connectivity index (χ1v) is 14.4. The van der Waals surface area contributed by atoms with Crippen molar-refractivity contribution in [2.24, 2.45) is 0 Å². The summed E-state index contributed by atoms with van der Waals surface area (Å²) in [6, 6.07) is 10.6. The summed E-state index contributed by atoms with van der Waals surface area (Å²) >= 11 is 0. The number of morpholine rings is 1. The average Bonchev–Trinajstić information content (AvgIpc) is 3.75. The van der Waals surface area contributed by atoms with Gasteiger partial charge in [0, 0.05) is 36.5 Å². The van der Waals surface area contributed by atoms with Crippen LogP contribution < -0.4 is 15.5 Å². The van der Waals surface area contributed by atoms with E-state index in [9.17, 15) is 27.1 Å². The molecule has 40 heavy (non-hydrogen) atoms. The molecule has 1 aromatic heterocycles. The smallest absolute Gasteiger partial charge is 0.319 e. The topological polar surface area (TPSA) is 120 Å². The zero-order valence-electron chi connectivity index (χ0n) is 21.7. The molecule has 0 radical (unpaired) electrons. The van der Waals surface area contributed by atoms with Crippen LogP contribution in [0.3, 0.4) is 0 Å². The van der Waals surface area contributed by atoms with Crippen molar-refractivity contribution in [3.63, 3.8) is 0 Å². The maximum atomic E-state index is 14.7. The molecule has 214 valence electrons. The number of carbonyl (C=O) groups excluding carboxylic acids is 1. The number of alkyl halides is 1. The summed E-state index contributed by atoms with van der Waals surface area (Å²) in [4.78, 5) is 23.1. The summed E-state index contributed by atoms with van der Waals surface area (Å²) in [7, 11) is -3.77. The van der Waals surface area contributed by atoms with Gasteiger partial charge in [-0.05, 0) is 56.2 Å². The normalized spacial score (nSPS) is 18.8. The van der Waals surface area contributed by atoms with Gasteiger partial charge in [0.2, 0.25) is 0 Å². The van der Waals surface area contributed by atoms with Gasteiger partial charge in [-0.15, -0.1) is 0 Å². The number of amides is 2. The molecule has 13 heteroatoms. The van der Waals surface area contributed by atoms with Gasteiger partial charge in [-0.1, -0.05) is 0 Å². The highest BCUT2D eigenvalue weighted by molar-refractivity contribution is 8.25. The predicted molar refractivity (Wildman–Crippen MR) is 146 cm³/mol. The number of benzene rings is 2. The van der Waals surface area contributed by atoms with Crippen molar-refractivity contribution in [2.75, 3.05) is 43.2 Å². The molecule has 2 amide bonds. The van der Waals surface area contributed by atoms with E-state index in [4.69, 9.17) is 14.7 Å². The molecule has 2 fully saturated rings. The minimum absolute atomic E-state index is 0.0104. The van der Waals surface area contributed by atoms with Crippen LogP contribution >= 0.6 is 10.6 Å². The minimum atomic E-state index is -3.77. The van der Waals surface area contributed by atoms with E-state index in [0.717, 1.165) is 12.1 Å². The summed E-state index contributed by atoms with van der Waals surface area (Å²) in [6.45, 7) is 2.75. The average molecular weight is 578 g/mol. The van der Waals surface area contributed by atoms with Crippen molar-refractivity contribution in [1.29, 1.82) is 0 Å². The molecule has 0 spiro atoms. The van der Waals surface area contributed by atoms with E-state index in [2.05, 4.69) is 10.6 Å². The molecule has 3 aromatic rings. The molecule has 9 nitrogen and oxygen atoms in total. The number of urea groups is 1. The first kappa shape index (κ1) is 28.1. The highest BCUT2D eigenvalue weighted by Crippen LogP contribution is 2.75. The number of anilines is 2. The lowest BCUT2D eigenvalue weighted by molar-refractivity contribution is 0.0985. The van der Waals surface area contributed by atoms with Crippen LogP contribution in [0.2, 0.25) is 0 Å². The Kier molecular flexibility index (Phi) is 7.91. The van der Waals surface area contributed by atoms with Crippen LogP contribution in [-0.2, 0) is 9.48 Å². The third-order valence-electron chi connectivity index (χ3n) is 7.07. The Morgan fingerprint density at radius 1 is 1.15 bits per heavy atom. The number of rotatable bonds is 8. The molecule has 0 unspecified atom stereocenters. The van der Waals surface area contributed by atoms with E-state index in [1.54, 1.807) is 30.3 Å². The lowest BCUT2D eigenvalue weighted by atomic mass is 10.1. The molecule has 5 rings (SSSR count). The van der Waals surface area contributed by atoms with Crippen molar-refractivity contribution >= 4 is 28.1 Å². The van der Waals surface area contributed by atoms with Crippen molar-refractivity contribution in [3.8, 4) is 11.4 Å². The Labute approximate surface area is 231 Å². The minimum Gasteiger partial charge on any atom is -0.377 e. The predicted octanol–water partition coefficient (Wildman–Crippen LogP) is 5.54. The monoisotopic (exact) mass is 577 g/mol. The summed E-state index contributed by atoms with van der Waals surface area (Å²) < 4.78 is 67.8. The van der Waals surface area contributed by atoms with Crippen molar-refractivity contribution < 1.29 is 31.8 Å². The number of halogens is 3. The molecule has 2 aliphatic rings. The van der Waals surface area contributed by atoms with E-state index in [1.807, 2.05) is 11.8 Å². The number of hydrogen-bond donors (Lipinski definition) is 4. The maximum Gasteiger partial charge on any atom is 0.319 e. The van der Waals surface area contributed by atoms with E-state index >= 15 is 0 Å². The van der Waals surface area contributed by atoms with Gasteiger partial charge in [0.1, 0.15) is 28.9 Å². The molecule has 4 N–H and O–H groups in total. The molecule has 1 aliphatic carbocycles. The second kappa shape index (κ2) is 11.2. The zero-order valence-corrected chi connectivity index (χ0v) is 22.6. The fourth-order valence-corrected chi connectivity index (χ4v) is 6.84. The Morgan fingerprint density at radius 3 is 2.55 bits per heavy atom.